The first-order chi connectivity index (χ1) is 9.21. The fraction of sp³-hybridized carbons (Fsp3) is 0.231. The van der Waals surface area contributed by atoms with Crippen molar-refractivity contribution in [3.63, 3.8) is 0 Å². The second-order valence-corrected chi connectivity index (χ2v) is 4.33. The van der Waals surface area contributed by atoms with Gasteiger partial charge in [-0.15, -0.1) is 0 Å². The summed E-state index contributed by atoms with van der Waals surface area (Å²) in [5, 5.41) is 9.02. The van der Waals surface area contributed by atoms with Crippen molar-refractivity contribution in [2.45, 2.75) is 19.1 Å². The van der Waals surface area contributed by atoms with Gasteiger partial charge in [-0.1, -0.05) is 0 Å². The van der Waals surface area contributed by atoms with Crippen LogP contribution in [0, 0.1) is 0 Å². The molecule has 7 heteroatoms. The van der Waals surface area contributed by atoms with E-state index in [1.807, 2.05) is 0 Å². The van der Waals surface area contributed by atoms with Crippen molar-refractivity contribution in [1.82, 2.24) is 4.57 Å². The topological polar surface area (TPSA) is 59.3 Å². The molecule has 0 saturated heterocycles. The number of nitrogens with zero attached hydrogens (tertiary/aromatic N) is 1. The molecule has 0 spiro atoms. The zero-order chi connectivity index (χ0) is 15.1. The maximum absolute atomic E-state index is 12.7. The summed E-state index contributed by atoms with van der Waals surface area (Å²) >= 11 is 0. The third kappa shape index (κ3) is 2.38. The Balaban J connectivity index is 2.80. The summed E-state index contributed by atoms with van der Waals surface area (Å²) in [5.74, 6) is -1.20. The van der Waals surface area contributed by atoms with Crippen LogP contribution in [-0.2, 0) is 11.0 Å². The number of fused-ring (bicyclic) bond motifs is 1. The van der Waals surface area contributed by atoms with Gasteiger partial charge in [0.2, 0.25) is 0 Å². The van der Waals surface area contributed by atoms with Crippen molar-refractivity contribution in [3.05, 3.63) is 46.2 Å². The van der Waals surface area contributed by atoms with Gasteiger partial charge in [0.1, 0.15) is 6.04 Å². The number of aliphatic carboxylic acids is 1. The molecular weight excluding hydrogens is 275 g/mol. The number of hydrogen-bond donors (Lipinski definition) is 1. The van der Waals surface area contributed by atoms with Crippen molar-refractivity contribution in [1.29, 1.82) is 0 Å². The lowest BCUT2D eigenvalue weighted by Crippen LogP contribution is -2.19. The molecule has 1 aromatic carbocycles. The quantitative estimate of drug-likeness (QED) is 0.922. The molecule has 4 nitrogen and oxygen atoms in total. The van der Waals surface area contributed by atoms with Gasteiger partial charge < -0.3 is 9.67 Å². The van der Waals surface area contributed by atoms with Crippen molar-refractivity contribution < 1.29 is 23.1 Å². The molecule has 1 N–H and O–H groups in total. The van der Waals surface area contributed by atoms with Crippen molar-refractivity contribution >= 4 is 16.9 Å². The highest BCUT2D eigenvalue weighted by molar-refractivity contribution is 5.82. The van der Waals surface area contributed by atoms with E-state index in [1.165, 1.54) is 13.1 Å². The van der Waals surface area contributed by atoms with E-state index in [0.717, 1.165) is 28.8 Å². The monoisotopic (exact) mass is 285 g/mol. The molecule has 20 heavy (non-hydrogen) atoms. The number of rotatable bonds is 2. The van der Waals surface area contributed by atoms with Crippen LogP contribution in [0.2, 0.25) is 0 Å². The van der Waals surface area contributed by atoms with E-state index in [1.54, 1.807) is 0 Å². The van der Waals surface area contributed by atoms with Crippen LogP contribution >= 0.6 is 0 Å². The number of carboxylic acids is 1. The third-order valence-corrected chi connectivity index (χ3v) is 3.03. The Hall–Kier alpha value is -2.31. The smallest absolute Gasteiger partial charge is 0.416 e. The Morgan fingerprint density at radius 1 is 1.30 bits per heavy atom. The molecular formula is C13H10F3NO3. The maximum atomic E-state index is 12.7. The number of carbonyl (C=O) groups is 1. The zero-order valence-corrected chi connectivity index (χ0v) is 10.3. The fourth-order valence-corrected chi connectivity index (χ4v) is 1.90. The highest BCUT2D eigenvalue weighted by Gasteiger charge is 2.31. The summed E-state index contributed by atoms with van der Waals surface area (Å²) in [6.45, 7) is 1.33. The highest BCUT2D eigenvalue weighted by Crippen LogP contribution is 2.31. The van der Waals surface area contributed by atoms with E-state index in [0.29, 0.717) is 0 Å². The van der Waals surface area contributed by atoms with Crippen molar-refractivity contribution in [2.75, 3.05) is 0 Å². The zero-order valence-electron chi connectivity index (χ0n) is 10.3. The molecule has 1 unspecified atom stereocenters. The molecule has 0 amide bonds. The third-order valence-electron chi connectivity index (χ3n) is 3.03. The van der Waals surface area contributed by atoms with E-state index in [4.69, 9.17) is 5.11 Å². The van der Waals surface area contributed by atoms with Crippen LogP contribution in [0.5, 0.6) is 0 Å². The minimum atomic E-state index is -4.56. The van der Waals surface area contributed by atoms with Crippen molar-refractivity contribution in [2.24, 2.45) is 0 Å². The molecule has 0 fully saturated rings. The van der Waals surface area contributed by atoms with Crippen LogP contribution < -0.4 is 5.43 Å². The van der Waals surface area contributed by atoms with E-state index < -0.39 is 29.2 Å². The van der Waals surface area contributed by atoms with Gasteiger partial charge in [-0.05, 0) is 25.1 Å². The second-order valence-electron chi connectivity index (χ2n) is 4.33. The van der Waals surface area contributed by atoms with Crippen LogP contribution in [0.3, 0.4) is 0 Å². The van der Waals surface area contributed by atoms with Gasteiger partial charge >= 0.3 is 12.1 Å². The Labute approximate surface area is 111 Å². The number of carboxylic acid groups (broad SMARTS) is 1. The van der Waals surface area contributed by atoms with E-state index >= 15 is 0 Å². The molecule has 0 bridgehead atoms. The van der Waals surface area contributed by atoms with Gasteiger partial charge in [-0.2, -0.15) is 13.2 Å². The molecule has 106 valence electrons. The largest absolute Gasteiger partial charge is 0.480 e. The van der Waals surface area contributed by atoms with Crippen LogP contribution in [-0.4, -0.2) is 15.6 Å². The number of pyridine rings is 1. The van der Waals surface area contributed by atoms with Gasteiger partial charge in [0.15, 0.2) is 5.43 Å². The molecule has 0 aliphatic heterocycles. The summed E-state index contributed by atoms with van der Waals surface area (Å²) in [6.07, 6.45) is -3.37. The summed E-state index contributed by atoms with van der Waals surface area (Å²) in [6, 6.07) is 2.71. The highest BCUT2D eigenvalue weighted by atomic mass is 19.4. The number of benzene rings is 1. The molecule has 2 aromatic rings. The average molecular weight is 285 g/mol. The summed E-state index contributed by atoms with van der Waals surface area (Å²) in [5.41, 5.74) is -1.44. The molecule has 1 atom stereocenters. The first kappa shape index (κ1) is 14.1. The van der Waals surface area contributed by atoms with Gasteiger partial charge in [0, 0.05) is 17.6 Å². The standard InChI is InChI=1S/C13H10F3NO3/c1-7(12(19)20)17-5-4-11(18)9-3-2-8(6-10(9)17)13(14,15)16/h2-7H,1H3,(H,19,20). The minimum absolute atomic E-state index is 0.0496. The van der Waals surface area contributed by atoms with Crippen molar-refractivity contribution in [3.8, 4) is 0 Å². The summed E-state index contributed by atoms with van der Waals surface area (Å²) in [4.78, 5) is 22.6. The second kappa shape index (κ2) is 4.66. The predicted molar refractivity (Wildman–Crippen MR) is 65.6 cm³/mol. The first-order valence-electron chi connectivity index (χ1n) is 5.66. The lowest BCUT2D eigenvalue weighted by atomic mass is 10.1. The van der Waals surface area contributed by atoms with Gasteiger partial charge in [-0.25, -0.2) is 4.79 Å². The van der Waals surface area contributed by atoms with E-state index in [-0.39, 0.29) is 10.9 Å². The number of aromatic nitrogens is 1. The number of hydrogen-bond acceptors (Lipinski definition) is 2. The van der Waals surface area contributed by atoms with Gasteiger partial charge in [-0.3, -0.25) is 4.79 Å². The van der Waals surface area contributed by atoms with Crippen LogP contribution in [0.15, 0.2) is 35.3 Å². The Morgan fingerprint density at radius 3 is 2.50 bits per heavy atom. The van der Waals surface area contributed by atoms with Crippen LogP contribution in [0.1, 0.15) is 18.5 Å². The SMILES string of the molecule is CC(C(=O)O)n1ccc(=O)c2ccc(C(F)(F)F)cc21. The molecule has 0 radical (unpaired) electrons. The van der Waals surface area contributed by atoms with Crippen LogP contribution in [0.4, 0.5) is 13.2 Å². The first-order valence-corrected chi connectivity index (χ1v) is 5.66. The number of alkyl halides is 3. The average Bonchev–Trinajstić information content (AvgIpc) is 2.37. The van der Waals surface area contributed by atoms with Crippen LogP contribution in [0.25, 0.3) is 10.9 Å². The molecule has 1 heterocycles. The molecule has 2 rings (SSSR count). The summed E-state index contributed by atoms with van der Waals surface area (Å²) in [7, 11) is 0. The van der Waals surface area contributed by atoms with E-state index in [9.17, 15) is 22.8 Å². The molecule has 0 aliphatic rings. The van der Waals surface area contributed by atoms with Gasteiger partial charge in [0.05, 0.1) is 11.1 Å². The fourth-order valence-electron chi connectivity index (χ4n) is 1.90. The summed E-state index contributed by atoms with van der Waals surface area (Å²) < 4.78 is 39.2. The van der Waals surface area contributed by atoms with E-state index in [2.05, 4.69) is 0 Å². The molecule has 1 aromatic heterocycles. The Morgan fingerprint density at radius 2 is 1.95 bits per heavy atom. The Bertz CT molecular complexity index is 734. The Kier molecular flexibility index (Phi) is 3.29. The maximum Gasteiger partial charge on any atom is 0.416 e. The lowest BCUT2D eigenvalue weighted by Gasteiger charge is -2.16. The molecule has 0 aliphatic carbocycles. The molecule has 0 saturated carbocycles. The minimum Gasteiger partial charge on any atom is -0.480 e. The van der Waals surface area contributed by atoms with Gasteiger partial charge in [0.25, 0.3) is 0 Å². The predicted octanol–water partition coefficient (Wildman–Crippen LogP) is 2.67. The number of halogens is 3. The normalized spacial score (nSPS) is 13.4. The lowest BCUT2D eigenvalue weighted by molar-refractivity contribution is -0.140.